The van der Waals surface area contributed by atoms with Gasteiger partial charge in [-0.2, -0.15) is 11.8 Å². The van der Waals surface area contributed by atoms with Crippen LogP contribution in [0.1, 0.15) is 39.5 Å². The van der Waals surface area contributed by atoms with E-state index in [9.17, 15) is 33.9 Å². The molecule has 4 unspecified atom stereocenters. The van der Waals surface area contributed by atoms with E-state index in [0.717, 1.165) is 0 Å². The first-order valence-corrected chi connectivity index (χ1v) is 11.5. The van der Waals surface area contributed by atoms with Crippen molar-refractivity contribution in [3.63, 3.8) is 0 Å². The monoisotopic (exact) mass is 492 g/mol. The Balaban J connectivity index is 5.45. The van der Waals surface area contributed by atoms with Crippen LogP contribution in [0.5, 0.6) is 0 Å². The summed E-state index contributed by atoms with van der Waals surface area (Å²) in [7, 11) is 0. The third-order valence-electron chi connectivity index (χ3n) is 4.48. The molecule has 188 valence electrons. The minimum Gasteiger partial charge on any atom is -0.481 e. The molecule has 3 amide bonds. The van der Waals surface area contributed by atoms with E-state index in [2.05, 4.69) is 16.0 Å². The summed E-state index contributed by atoms with van der Waals surface area (Å²) in [4.78, 5) is 70.7. The Morgan fingerprint density at radius 3 is 1.85 bits per heavy atom. The van der Waals surface area contributed by atoms with Crippen molar-refractivity contribution < 1.29 is 44.1 Å². The van der Waals surface area contributed by atoms with Crippen molar-refractivity contribution in [1.29, 1.82) is 0 Å². The van der Waals surface area contributed by atoms with Crippen molar-refractivity contribution in [2.45, 2.75) is 63.7 Å². The van der Waals surface area contributed by atoms with Crippen molar-refractivity contribution in [3.05, 3.63) is 0 Å². The van der Waals surface area contributed by atoms with Crippen LogP contribution in [0.4, 0.5) is 0 Å². The second kappa shape index (κ2) is 15.1. The second-order valence-electron chi connectivity index (χ2n) is 7.61. The van der Waals surface area contributed by atoms with E-state index in [1.165, 1.54) is 11.8 Å². The van der Waals surface area contributed by atoms with Crippen molar-refractivity contribution in [2.75, 3.05) is 12.0 Å². The number of hydrogen-bond acceptors (Lipinski definition) is 8. The van der Waals surface area contributed by atoms with Crippen LogP contribution in [0.15, 0.2) is 0 Å². The highest BCUT2D eigenvalue weighted by Crippen LogP contribution is 2.08. The van der Waals surface area contributed by atoms with E-state index in [4.69, 9.17) is 15.9 Å². The predicted molar refractivity (Wildman–Crippen MR) is 118 cm³/mol. The van der Waals surface area contributed by atoms with Gasteiger partial charge in [-0.3, -0.25) is 24.0 Å². The molecule has 0 aromatic rings. The standard InChI is InChI=1S/C19H32N4O9S/c1-9(2)15(18(30)22-12(19(31)32)6-7-33-3)23-17(29)11(4-5-13(24)25)21-16(28)10(20)8-14(26)27/h9-12,15H,4-8,20H2,1-3H3,(H,21,28)(H,22,30)(H,23,29)(H,24,25)(H,26,27)(H,31,32). The molecule has 0 aliphatic rings. The molecular formula is C19H32N4O9S. The predicted octanol–water partition coefficient (Wildman–Crippen LogP) is -1.40. The molecule has 0 radical (unpaired) electrons. The average molecular weight is 493 g/mol. The molecule has 0 spiro atoms. The van der Waals surface area contributed by atoms with Gasteiger partial charge in [-0.25, -0.2) is 4.79 Å². The average Bonchev–Trinajstić information content (AvgIpc) is 2.70. The Morgan fingerprint density at radius 1 is 0.818 bits per heavy atom. The molecule has 4 atom stereocenters. The Morgan fingerprint density at radius 2 is 1.39 bits per heavy atom. The normalized spacial score (nSPS) is 14.5. The largest absolute Gasteiger partial charge is 0.481 e. The summed E-state index contributed by atoms with van der Waals surface area (Å²) in [6, 6.07) is -5.22. The Labute approximate surface area is 195 Å². The van der Waals surface area contributed by atoms with E-state index in [0.29, 0.717) is 5.75 Å². The fourth-order valence-corrected chi connectivity index (χ4v) is 3.11. The fraction of sp³-hybridized carbons (Fsp3) is 0.684. The van der Waals surface area contributed by atoms with Crippen LogP contribution in [0.3, 0.4) is 0 Å². The molecule has 8 N–H and O–H groups in total. The number of amides is 3. The Kier molecular flexibility index (Phi) is 13.7. The van der Waals surface area contributed by atoms with Gasteiger partial charge in [0.15, 0.2) is 0 Å². The van der Waals surface area contributed by atoms with Crippen LogP contribution in [0, 0.1) is 5.92 Å². The molecule has 0 aliphatic carbocycles. The summed E-state index contributed by atoms with van der Waals surface area (Å²) in [5.41, 5.74) is 5.48. The van der Waals surface area contributed by atoms with E-state index in [1.54, 1.807) is 20.1 Å². The first-order valence-electron chi connectivity index (χ1n) is 10.1. The number of thioether (sulfide) groups is 1. The summed E-state index contributed by atoms with van der Waals surface area (Å²) < 4.78 is 0. The van der Waals surface area contributed by atoms with Gasteiger partial charge in [0.2, 0.25) is 17.7 Å². The zero-order valence-corrected chi connectivity index (χ0v) is 19.5. The molecule has 13 nitrogen and oxygen atoms in total. The van der Waals surface area contributed by atoms with Gasteiger partial charge in [0, 0.05) is 6.42 Å². The van der Waals surface area contributed by atoms with Gasteiger partial charge in [-0.1, -0.05) is 13.8 Å². The van der Waals surface area contributed by atoms with Crippen LogP contribution < -0.4 is 21.7 Å². The zero-order chi connectivity index (χ0) is 25.7. The molecule has 0 fully saturated rings. The minimum atomic E-state index is -1.47. The minimum absolute atomic E-state index is 0.166. The Bertz CT molecular complexity index is 732. The molecule has 14 heteroatoms. The maximum absolute atomic E-state index is 12.8. The van der Waals surface area contributed by atoms with Crippen LogP contribution in [0.25, 0.3) is 0 Å². The summed E-state index contributed by atoms with van der Waals surface area (Å²) in [5, 5.41) is 34.0. The van der Waals surface area contributed by atoms with Gasteiger partial charge < -0.3 is 37.0 Å². The molecule has 0 heterocycles. The third-order valence-corrected chi connectivity index (χ3v) is 5.13. The van der Waals surface area contributed by atoms with Crippen molar-refractivity contribution in [1.82, 2.24) is 16.0 Å². The molecule has 0 rings (SSSR count). The van der Waals surface area contributed by atoms with Gasteiger partial charge >= 0.3 is 17.9 Å². The first kappa shape index (κ1) is 30.1. The van der Waals surface area contributed by atoms with Gasteiger partial charge in [-0.15, -0.1) is 0 Å². The third kappa shape index (κ3) is 12.1. The van der Waals surface area contributed by atoms with Gasteiger partial charge in [0.25, 0.3) is 0 Å². The van der Waals surface area contributed by atoms with Gasteiger partial charge in [0.05, 0.1) is 12.5 Å². The van der Waals surface area contributed by atoms with Crippen LogP contribution in [0.2, 0.25) is 0 Å². The van der Waals surface area contributed by atoms with E-state index < -0.39 is 78.6 Å². The van der Waals surface area contributed by atoms with Crippen LogP contribution >= 0.6 is 11.8 Å². The smallest absolute Gasteiger partial charge is 0.326 e. The lowest BCUT2D eigenvalue weighted by Crippen LogP contribution is -2.58. The number of nitrogens with one attached hydrogen (secondary N) is 3. The lowest BCUT2D eigenvalue weighted by Gasteiger charge is -2.27. The van der Waals surface area contributed by atoms with E-state index in [-0.39, 0.29) is 12.8 Å². The lowest BCUT2D eigenvalue weighted by molar-refractivity contribution is -0.142. The van der Waals surface area contributed by atoms with Gasteiger partial charge in [0.1, 0.15) is 18.1 Å². The summed E-state index contributed by atoms with van der Waals surface area (Å²) in [5.74, 6) is -6.43. The maximum atomic E-state index is 12.8. The highest BCUT2D eigenvalue weighted by molar-refractivity contribution is 7.98. The summed E-state index contributed by atoms with van der Waals surface area (Å²) in [6.07, 6.45) is 0.403. The van der Waals surface area contributed by atoms with Crippen LogP contribution in [-0.4, -0.2) is 87.1 Å². The van der Waals surface area contributed by atoms with Crippen LogP contribution in [-0.2, 0) is 28.8 Å². The summed E-state index contributed by atoms with van der Waals surface area (Å²) in [6.45, 7) is 3.21. The van der Waals surface area contributed by atoms with Gasteiger partial charge in [-0.05, 0) is 30.8 Å². The molecule has 33 heavy (non-hydrogen) atoms. The number of carboxylic acids is 3. The fourth-order valence-electron chi connectivity index (χ4n) is 2.64. The van der Waals surface area contributed by atoms with Crippen molar-refractivity contribution >= 4 is 47.4 Å². The molecule has 0 aromatic carbocycles. The lowest BCUT2D eigenvalue weighted by atomic mass is 10.0. The quantitative estimate of drug-likeness (QED) is 0.133. The van der Waals surface area contributed by atoms with E-state index >= 15 is 0 Å². The molecule has 0 aliphatic heterocycles. The Hall–Kier alpha value is -2.87. The number of hydrogen-bond donors (Lipinski definition) is 7. The second-order valence-corrected chi connectivity index (χ2v) is 8.59. The number of carbonyl (C=O) groups excluding carboxylic acids is 3. The number of rotatable bonds is 16. The summed E-state index contributed by atoms with van der Waals surface area (Å²) >= 11 is 1.40. The molecule has 0 bridgehead atoms. The first-order chi connectivity index (χ1) is 15.3. The number of nitrogens with two attached hydrogens (primary N) is 1. The zero-order valence-electron chi connectivity index (χ0n) is 18.7. The topological polar surface area (TPSA) is 225 Å². The SMILES string of the molecule is CSCCC(NC(=O)C(NC(=O)C(CCC(=O)O)NC(=O)C(N)CC(=O)O)C(C)C)C(=O)O. The number of carboxylic acid groups (broad SMARTS) is 3. The molecule has 0 aromatic heterocycles. The molecular weight excluding hydrogens is 460 g/mol. The molecule has 0 saturated carbocycles. The highest BCUT2D eigenvalue weighted by Gasteiger charge is 2.32. The highest BCUT2D eigenvalue weighted by atomic mass is 32.2. The molecule has 0 saturated heterocycles. The van der Waals surface area contributed by atoms with Crippen molar-refractivity contribution in [2.24, 2.45) is 11.7 Å². The number of aliphatic carboxylic acids is 3. The maximum Gasteiger partial charge on any atom is 0.326 e. The van der Waals surface area contributed by atoms with Crippen molar-refractivity contribution in [3.8, 4) is 0 Å². The number of carbonyl (C=O) groups is 6. The van der Waals surface area contributed by atoms with E-state index in [1.807, 2.05) is 0 Å².